The van der Waals surface area contributed by atoms with Crippen molar-refractivity contribution in [2.45, 2.75) is 0 Å². The number of aldehydes is 2. The summed E-state index contributed by atoms with van der Waals surface area (Å²) in [5.74, 6) is 2.81. The summed E-state index contributed by atoms with van der Waals surface area (Å²) in [4.78, 5) is 21.4. The van der Waals surface area contributed by atoms with Gasteiger partial charge in [-0.3, -0.25) is 9.59 Å². The highest BCUT2D eigenvalue weighted by Crippen LogP contribution is 2.33. The molecule has 0 aliphatic rings. The van der Waals surface area contributed by atoms with Crippen LogP contribution in [-0.2, 0) is 0 Å². The van der Waals surface area contributed by atoms with Crippen LogP contribution in [0.2, 0.25) is 0 Å². The minimum atomic E-state index is 0.530. The molecule has 0 saturated carbocycles. The molecule has 0 unspecified atom stereocenters. The minimum Gasteiger partial charge on any atom is -0.496 e. The zero-order valence-corrected chi connectivity index (χ0v) is 14.0. The van der Waals surface area contributed by atoms with Crippen molar-refractivity contribution in [3.8, 4) is 28.7 Å². The van der Waals surface area contributed by atoms with Gasteiger partial charge in [0.25, 0.3) is 0 Å². The van der Waals surface area contributed by atoms with Crippen molar-refractivity contribution in [1.82, 2.24) is 0 Å². The van der Waals surface area contributed by atoms with Gasteiger partial charge in [0.1, 0.15) is 41.3 Å². The van der Waals surface area contributed by atoms with Crippen molar-refractivity contribution in [3.63, 3.8) is 0 Å². The lowest BCUT2D eigenvalue weighted by Crippen LogP contribution is -1.91. The Kier molecular flexibility index (Phi) is 5.29. The molecule has 0 amide bonds. The third-order valence-electron chi connectivity index (χ3n) is 3.59. The van der Waals surface area contributed by atoms with Gasteiger partial charge in [0.2, 0.25) is 0 Å². The highest BCUT2D eigenvalue weighted by Gasteiger charge is 2.07. The topological polar surface area (TPSA) is 61.8 Å². The third kappa shape index (κ3) is 4.27. The Morgan fingerprint density at radius 3 is 1.31 bits per heavy atom. The van der Waals surface area contributed by atoms with Crippen LogP contribution in [0, 0.1) is 0 Å². The number of benzene rings is 3. The first-order valence-electron chi connectivity index (χ1n) is 7.85. The summed E-state index contributed by atoms with van der Waals surface area (Å²) in [6.07, 6.45) is 1.55. The zero-order valence-electron chi connectivity index (χ0n) is 14.0. The highest BCUT2D eigenvalue weighted by molar-refractivity contribution is 5.75. The molecule has 3 aromatic rings. The lowest BCUT2D eigenvalue weighted by Gasteiger charge is -2.12. The molecular weight excluding hydrogens is 332 g/mol. The van der Waals surface area contributed by atoms with Crippen LogP contribution >= 0.6 is 0 Å². The van der Waals surface area contributed by atoms with Gasteiger partial charge in [-0.05, 0) is 48.5 Å². The standard InChI is InChI=1S/C21H16O5/c1-24-19-10-20(25-17-6-2-15(13-22)3-7-17)12-21(11-19)26-18-8-4-16(14-23)5-9-18/h2-14H,1H3. The molecule has 0 atom stereocenters. The molecule has 0 saturated heterocycles. The summed E-state index contributed by atoms with van der Waals surface area (Å²) < 4.78 is 16.9. The van der Waals surface area contributed by atoms with E-state index >= 15 is 0 Å². The molecule has 0 heterocycles. The van der Waals surface area contributed by atoms with Crippen LogP contribution < -0.4 is 14.2 Å². The molecule has 0 aromatic heterocycles. The third-order valence-corrected chi connectivity index (χ3v) is 3.59. The van der Waals surface area contributed by atoms with Crippen molar-refractivity contribution < 1.29 is 23.8 Å². The summed E-state index contributed by atoms with van der Waals surface area (Å²) in [7, 11) is 1.56. The lowest BCUT2D eigenvalue weighted by atomic mass is 10.2. The van der Waals surface area contributed by atoms with Crippen molar-refractivity contribution in [2.24, 2.45) is 0 Å². The number of ether oxygens (including phenoxy) is 3. The first-order valence-corrected chi connectivity index (χ1v) is 7.85. The second-order valence-corrected chi connectivity index (χ2v) is 5.42. The van der Waals surface area contributed by atoms with Crippen LogP contribution in [-0.4, -0.2) is 19.7 Å². The maximum Gasteiger partial charge on any atom is 0.150 e. The number of methoxy groups -OCH3 is 1. The second kappa shape index (κ2) is 7.98. The normalized spacial score (nSPS) is 10.0. The molecule has 0 aliphatic carbocycles. The van der Waals surface area contributed by atoms with Gasteiger partial charge in [0.05, 0.1) is 7.11 Å². The predicted molar refractivity (Wildman–Crippen MR) is 96.8 cm³/mol. The molecule has 5 nitrogen and oxygen atoms in total. The Morgan fingerprint density at radius 1 is 0.577 bits per heavy atom. The van der Waals surface area contributed by atoms with E-state index in [1.807, 2.05) is 0 Å². The largest absolute Gasteiger partial charge is 0.496 e. The fraction of sp³-hybridized carbons (Fsp3) is 0.0476. The quantitative estimate of drug-likeness (QED) is 0.568. The van der Waals surface area contributed by atoms with Crippen LogP contribution in [0.15, 0.2) is 66.7 Å². The molecule has 0 fully saturated rings. The van der Waals surface area contributed by atoms with Gasteiger partial charge in [-0.15, -0.1) is 0 Å². The molecule has 0 spiro atoms. The van der Waals surface area contributed by atoms with Gasteiger partial charge < -0.3 is 14.2 Å². The molecule has 5 heteroatoms. The van der Waals surface area contributed by atoms with E-state index in [2.05, 4.69) is 0 Å². The first-order chi connectivity index (χ1) is 12.7. The van der Waals surface area contributed by atoms with Gasteiger partial charge in [0, 0.05) is 29.3 Å². The van der Waals surface area contributed by atoms with E-state index in [-0.39, 0.29) is 0 Å². The zero-order chi connectivity index (χ0) is 18.4. The smallest absolute Gasteiger partial charge is 0.150 e. The molecule has 0 radical (unpaired) electrons. The minimum absolute atomic E-state index is 0.530. The molecule has 26 heavy (non-hydrogen) atoms. The fourth-order valence-electron chi connectivity index (χ4n) is 2.28. The van der Waals surface area contributed by atoms with Gasteiger partial charge in [-0.25, -0.2) is 0 Å². The van der Waals surface area contributed by atoms with E-state index in [9.17, 15) is 9.59 Å². The monoisotopic (exact) mass is 348 g/mol. The summed E-state index contributed by atoms with van der Waals surface area (Å²) >= 11 is 0. The van der Waals surface area contributed by atoms with Gasteiger partial charge >= 0.3 is 0 Å². The SMILES string of the molecule is COc1cc(Oc2ccc(C=O)cc2)cc(Oc2ccc(C=O)cc2)c1. The molecule has 0 N–H and O–H groups in total. The van der Waals surface area contributed by atoms with E-state index in [4.69, 9.17) is 14.2 Å². The van der Waals surface area contributed by atoms with Crippen molar-refractivity contribution in [3.05, 3.63) is 77.9 Å². The molecule has 0 aliphatic heterocycles. The Hall–Kier alpha value is -3.60. The summed E-state index contributed by atoms with van der Waals surface area (Å²) in [5.41, 5.74) is 1.15. The predicted octanol–water partition coefficient (Wildman–Crippen LogP) is 4.90. The van der Waals surface area contributed by atoms with Crippen LogP contribution in [0.5, 0.6) is 28.7 Å². The molecule has 3 rings (SSSR count). The average molecular weight is 348 g/mol. The Labute approximate surface area is 150 Å². The van der Waals surface area contributed by atoms with Crippen LogP contribution in [0.25, 0.3) is 0 Å². The van der Waals surface area contributed by atoms with Crippen molar-refractivity contribution >= 4 is 12.6 Å². The van der Waals surface area contributed by atoms with E-state index in [1.165, 1.54) is 0 Å². The van der Waals surface area contributed by atoms with Gasteiger partial charge in [-0.1, -0.05) is 0 Å². The van der Waals surface area contributed by atoms with Crippen molar-refractivity contribution in [1.29, 1.82) is 0 Å². The summed E-state index contributed by atoms with van der Waals surface area (Å²) in [6, 6.07) is 18.7. The second-order valence-electron chi connectivity index (χ2n) is 5.42. The molecule has 3 aromatic carbocycles. The van der Waals surface area contributed by atoms with E-state index in [0.29, 0.717) is 39.9 Å². The molecule has 130 valence electrons. The summed E-state index contributed by atoms with van der Waals surface area (Å²) in [6.45, 7) is 0. The highest BCUT2D eigenvalue weighted by atomic mass is 16.5. The maximum atomic E-state index is 10.7. The summed E-state index contributed by atoms with van der Waals surface area (Å²) in [5, 5.41) is 0. The van der Waals surface area contributed by atoms with E-state index < -0.39 is 0 Å². The van der Waals surface area contributed by atoms with E-state index in [0.717, 1.165) is 12.6 Å². The number of carbonyl (C=O) groups is 2. The van der Waals surface area contributed by atoms with Crippen molar-refractivity contribution in [2.75, 3.05) is 7.11 Å². The van der Waals surface area contributed by atoms with Crippen LogP contribution in [0.3, 0.4) is 0 Å². The fourth-order valence-corrected chi connectivity index (χ4v) is 2.28. The Morgan fingerprint density at radius 2 is 0.962 bits per heavy atom. The number of hydrogen-bond acceptors (Lipinski definition) is 5. The first kappa shape index (κ1) is 17.2. The Balaban J connectivity index is 1.82. The van der Waals surface area contributed by atoms with Crippen LogP contribution in [0.1, 0.15) is 20.7 Å². The lowest BCUT2D eigenvalue weighted by molar-refractivity contribution is 0.111. The molecule has 0 bridgehead atoms. The number of hydrogen-bond donors (Lipinski definition) is 0. The maximum absolute atomic E-state index is 10.7. The number of rotatable bonds is 7. The van der Waals surface area contributed by atoms with Gasteiger partial charge in [-0.2, -0.15) is 0 Å². The van der Waals surface area contributed by atoms with E-state index in [1.54, 1.807) is 73.8 Å². The number of carbonyl (C=O) groups excluding carboxylic acids is 2. The average Bonchev–Trinajstić information content (AvgIpc) is 2.69. The van der Waals surface area contributed by atoms with Crippen LogP contribution in [0.4, 0.5) is 0 Å². The molecular formula is C21H16O5. The Bertz CT molecular complexity index is 827. The van der Waals surface area contributed by atoms with Gasteiger partial charge in [0.15, 0.2) is 0 Å².